The lowest BCUT2D eigenvalue weighted by Gasteiger charge is -1.96. The van der Waals surface area contributed by atoms with E-state index >= 15 is 0 Å². The summed E-state index contributed by atoms with van der Waals surface area (Å²) in [4.78, 5) is 15.5. The van der Waals surface area contributed by atoms with Crippen molar-refractivity contribution in [3.8, 4) is 11.5 Å². The molecule has 0 aliphatic carbocycles. The Morgan fingerprint density at radius 1 is 1.44 bits per heavy atom. The van der Waals surface area contributed by atoms with Crippen LogP contribution >= 0.6 is 15.9 Å². The van der Waals surface area contributed by atoms with E-state index in [-0.39, 0.29) is 28.7 Å². The monoisotopic (exact) mass is 313 g/mol. The predicted octanol–water partition coefficient (Wildman–Crippen LogP) is 3.42. The van der Waals surface area contributed by atoms with E-state index in [1.54, 1.807) is 6.92 Å². The third-order valence-corrected chi connectivity index (χ3v) is 2.68. The Kier molecular flexibility index (Phi) is 3.76. The Hall–Kier alpha value is -1.69. The number of ether oxygens (including phenoxy) is 1. The fraction of sp³-hybridized carbons (Fsp3) is 0.167. The molecule has 1 aromatic heterocycles. The summed E-state index contributed by atoms with van der Waals surface area (Å²) in [5.74, 6) is -0.693. The molecule has 0 aliphatic heterocycles. The zero-order valence-electron chi connectivity index (χ0n) is 9.44. The maximum absolute atomic E-state index is 12.8. The maximum Gasteiger partial charge on any atom is 0.361 e. The van der Waals surface area contributed by atoms with E-state index in [0.29, 0.717) is 5.56 Å². The number of carbonyl (C=O) groups excluding carboxylic acids is 1. The fourth-order valence-corrected chi connectivity index (χ4v) is 1.75. The number of nitrogens with zero attached hydrogens (tertiary/aromatic N) is 1. The van der Waals surface area contributed by atoms with Crippen molar-refractivity contribution in [1.29, 1.82) is 0 Å². The van der Waals surface area contributed by atoms with Crippen molar-refractivity contribution >= 4 is 21.9 Å². The molecular formula is C12H9BrFNO3. The molecule has 6 heteroatoms. The van der Waals surface area contributed by atoms with Gasteiger partial charge in [0.05, 0.1) is 6.61 Å². The Bertz CT molecular complexity index is 565. The smallest absolute Gasteiger partial charge is 0.361 e. The van der Waals surface area contributed by atoms with E-state index in [1.807, 2.05) is 0 Å². The van der Waals surface area contributed by atoms with Gasteiger partial charge >= 0.3 is 5.97 Å². The van der Waals surface area contributed by atoms with E-state index < -0.39 is 5.97 Å². The molecule has 0 atom stereocenters. The predicted molar refractivity (Wildman–Crippen MR) is 65.6 cm³/mol. The summed E-state index contributed by atoms with van der Waals surface area (Å²) in [6.45, 7) is 1.96. The van der Waals surface area contributed by atoms with Crippen LogP contribution in [0, 0.1) is 5.82 Å². The van der Waals surface area contributed by atoms with E-state index in [0.717, 1.165) is 0 Å². The molecule has 0 N–H and O–H groups in total. The summed E-state index contributed by atoms with van der Waals surface area (Å²) in [5.41, 5.74) is 0.642. The van der Waals surface area contributed by atoms with Crippen LogP contribution in [-0.2, 0) is 4.74 Å². The van der Waals surface area contributed by atoms with Crippen LogP contribution in [0.4, 0.5) is 4.39 Å². The normalized spacial score (nSPS) is 10.4. The first-order valence-electron chi connectivity index (χ1n) is 5.21. The standard InChI is InChI=1S/C12H9BrFNO3/c1-2-17-12(16)9-10(13)18-11(15-9)7-3-5-8(14)6-4-7/h3-6H,2H2,1H3. The highest BCUT2D eigenvalue weighted by molar-refractivity contribution is 9.10. The van der Waals surface area contributed by atoms with E-state index in [9.17, 15) is 9.18 Å². The van der Waals surface area contributed by atoms with Crippen molar-refractivity contribution < 1.29 is 18.3 Å². The number of carbonyl (C=O) groups is 1. The highest BCUT2D eigenvalue weighted by atomic mass is 79.9. The number of hydrogen-bond donors (Lipinski definition) is 0. The first-order valence-corrected chi connectivity index (χ1v) is 6.00. The molecule has 0 saturated heterocycles. The molecule has 0 fully saturated rings. The second-order valence-corrected chi connectivity index (χ2v) is 4.09. The molecule has 2 aromatic rings. The highest BCUT2D eigenvalue weighted by Gasteiger charge is 2.20. The zero-order chi connectivity index (χ0) is 13.1. The van der Waals surface area contributed by atoms with E-state index in [4.69, 9.17) is 9.15 Å². The fourth-order valence-electron chi connectivity index (χ4n) is 1.34. The van der Waals surface area contributed by atoms with Crippen LogP contribution in [0.15, 0.2) is 33.4 Å². The van der Waals surface area contributed by atoms with Gasteiger partial charge in [0.15, 0.2) is 0 Å². The third kappa shape index (κ3) is 2.59. The minimum Gasteiger partial charge on any atom is -0.461 e. The molecule has 0 amide bonds. The average molecular weight is 314 g/mol. The van der Waals surface area contributed by atoms with Crippen molar-refractivity contribution in [3.05, 3.63) is 40.4 Å². The second-order valence-electron chi connectivity index (χ2n) is 3.37. The van der Waals surface area contributed by atoms with Gasteiger partial charge in [-0.05, 0) is 47.1 Å². The van der Waals surface area contributed by atoms with Crippen LogP contribution in [0.2, 0.25) is 0 Å². The summed E-state index contributed by atoms with van der Waals surface area (Å²) in [7, 11) is 0. The summed E-state index contributed by atoms with van der Waals surface area (Å²) < 4.78 is 23.1. The molecule has 0 bridgehead atoms. The van der Waals surface area contributed by atoms with Crippen LogP contribution in [-0.4, -0.2) is 17.6 Å². The lowest BCUT2D eigenvalue weighted by Crippen LogP contribution is -2.05. The number of benzene rings is 1. The van der Waals surface area contributed by atoms with E-state index in [2.05, 4.69) is 20.9 Å². The molecule has 0 saturated carbocycles. The van der Waals surface area contributed by atoms with Crippen LogP contribution in [0.5, 0.6) is 0 Å². The molecular weight excluding hydrogens is 305 g/mol. The lowest BCUT2D eigenvalue weighted by molar-refractivity contribution is 0.0518. The van der Waals surface area contributed by atoms with Gasteiger partial charge in [-0.2, -0.15) is 0 Å². The molecule has 0 unspecified atom stereocenters. The van der Waals surface area contributed by atoms with Crippen molar-refractivity contribution in [3.63, 3.8) is 0 Å². The molecule has 0 spiro atoms. The van der Waals surface area contributed by atoms with Gasteiger partial charge in [0.2, 0.25) is 16.3 Å². The summed E-state index contributed by atoms with van der Waals surface area (Å²) in [6, 6.07) is 5.61. The van der Waals surface area contributed by atoms with Gasteiger partial charge in [0.1, 0.15) is 5.82 Å². The molecule has 94 valence electrons. The number of oxazole rings is 1. The Morgan fingerprint density at radius 2 is 2.11 bits per heavy atom. The molecule has 1 heterocycles. The van der Waals surface area contributed by atoms with Crippen LogP contribution in [0.3, 0.4) is 0 Å². The van der Waals surface area contributed by atoms with Crippen LogP contribution in [0.25, 0.3) is 11.5 Å². The van der Waals surface area contributed by atoms with Gasteiger partial charge in [-0.25, -0.2) is 14.2 Å². The number of halogens is 2. The van der Waals surface area contributed by atoms with Crippen molar-refractivity contribution in [2.45, 2.75) is 6.92 Å². The molecule has 18 heavy (non-hydrogen) atoms. The SMILES string of the molecule is CCOC(=O)c1nc(-c2ccc(F)cc2)oc1Br. The number of hydrogen-bond acceptors (Lipinski definition) is 4. The van der Waals surface area contributed by atoms with Gasteiger partial charge in [-0.1, -0.05) is 0 Å². The summed E-state index contributed by atoms with van der Waals surface area (Å²) in [5, 5.41) is 0. The minimum atomic E-state index is -0.568. The third-order valence-electron chi connectivity index (χ3n) is 2.15. The zero-order valence-corrected chi connectivity index (χ0v) is 11.0. The summed E-state index contributed by atoms with van der Waals surface area (Å²) >= 11 is 3.10. The topological polar surface area (TPSA) is 52.3 Å². The van der Waals surface area contributed by atoms with Crippen LogP contribution < -0.4 is 0 Å². The van der Waals surface area contributed by atoms with Crippen molar-refractivity contribution in [2.24, 2.45) is 0 Å². The first-order chi connectivity index (χ1) is 8.61. The number of aromatic nitrogens is 1. The largest absolute Gasteiger partial charge is 0.461 e. The first kappa shape index (κ1) is 12.8. The van der Waals surface area contributed by atoms with Gasteiger partial charge < -0.3 is 9.15 Å². The quantitative estimate of drug-likeness (QED) is 0.815. The molecule has 4 nitrogen and oxygen atoms in total. The molecule has 0 radical (unpaired) electrons. The second kappa shape index (κ2) is 5.30. The Balaban J connectivity index is 2.34. The molecule has 2 rings (SSSR count). The van der Waals surface area contributed by atoms with Gasteiger partial charge in [0, 0.05) is 5.56 Å². The number of esters is 1. The minimum absolute atomic E-state index is 0.0659. The number of rotatable bonds is 3. The van der Waals surface area contributed by atoms with Gasteiger partial charge in [-0.3, -0.25) is 0 Å². The van der Waals surface area contributed by atoms with Crippen LogP contribution in [0.1, 0.15) is 17.4 Å². The van der Waals surface area contributed by atoms with Gasteiger partial charge in [-0.15, -0.1) is 0 Å². The molecule has 1 aromatic carbocycles. The maximum atomic E-state index is 12.8. The molecule has 0 aliphatic rings. The van der Waals surface area contributed by atoms with Crippen molar-refractivity contribution in [2.75, 3.05) is 6.61 Å². The van der Waals surface area contributed by atoms with E-state index in [1.165, 1.54) is 24.3 Å². The average Bonchev–Trinajstić information content (AvgIpc) is 2.72. The van der Waals surface area contributed by atoms with Gasteiger partial charge in [0.25, 0.3) is 0 Å². The Labute approximate surface area is 111 Å². The Morgan fingerprint density at radius 3 is 2.72 bits per heavy atom. The lowest BCUT2D eigenvalue weighted by atomic mass is 10.2. The highest BCUT2D eigenvalue weighted by Crippen LogP contribution is 2.26. The summed E-state index contributed by atoms with van der Waals surface area (Å²) in [6.07, 6.45) is 0. The van der Waals surface area contributed by atoms with Crippen molar-refractivity contribution in [1.82, 2.24) is 4.98 Å².